The minimum Gasteiger partial charge on any atom is -0.309 e. The van der Waals surface area contributed by atoms with E-state index in [4.69, 9.17) is 0 Å². The maximum Gasteiger partial charge on any atom is 0.243 e. The summed E-state index contributed by atoms with van der Waals surface area (Å²) in [5, 5.41) is 0. The summed E-state index contributed by atoms with van der Waals surface area (Å²) in [6.45, 7) is 1.06. The highest BCUT2D eigenvalue weighted by Gasteiger charge is 2.18. The summed E-state index contributed by atoms with van der Waals surface area (Å²) in [7, 11) is 0.0413. The second kappa shape index (κ2) is 6.60. The maximum atomic E-state index is 13.5. The Kier molecular flexibility index (Phi) is 5.71. The van der Waals surface area contributed by atoms with Crippen molar-refractivity contribution in [2.24, 2.45) is 0 Å². The van der Waals surface area contributed by atoms with Crippen LogP contribution in [0.3, 0.4) is 0 Å². The third kappa shape index (κ3) is 4.64. The van der Waals surface area contributed by atoms with Crippen LogP contribution in [0.4, 0.5) is 4.39 Å². The molecule has 0 radical (unpaired) electrons. The molecular formula is C11H16BrFN2O2S. The number of benzene rings is 1. The van der Waals surface area contributed by atoms with Gasteiger partial charge in [-0.2, -0.15) is 0 Å². The molecule has 0 atom stereocenters. The lowest BCUT2D eigenvalue weighted by molar-refractivity contribution is 0.400. The Morgan fingerprint density at radius 3 is 2.61 bits per heavy atom. The molecule has 0 fully saturated rings. The number of rotatable bonds is 6. The van der Waals surface area contributed by atoms with Gasteiger partial charge in [0.05, 0.1) is 0 Å². The topological polar surface area (TPSA) is 49.4 Å². The van der Waals surface area contributed by atoms with E-state index in [0.717, 1.165) is 12.6 Å². The number of halogens is 2. The molecule has 0 aromatic heterocycles. The van der Waals surface area contributed by atoms with Crippen molar-refractivity contribution in [3.63, 3.8) is 0 Å². The predicted molar refractivity (Wildman–Crippen MR) is 72.5 cm³/mol. The first-order valence-corrected chi connectivity index (χ1v) is 7.70. The van der Waals surface area contributed by atoms with Crippen LogP contribution in [0.1, 0.15) is 6.42 Å². The molecule has 0 spiro atoms. The maximum absolute atomic E-state index is 13.5. The van der Waals surface area contributed by atoms with E-state index in [2.05, 4.69) is 20.7 Å². The molecule has 0 saturated heterocycles. The van der Waals surface area contributed by atoms with Gasteiger partial charge in [-0.3, -0.25) is 0 Å². The smallest absolute Gasteiger partial charge is 0.243 e. The summed E-state index contributed by atoms with van der Waals surface area (Å²) < 4.78 is 40.1. The highest BCUT2D eigenvalue weighted by Crippen LogP contribution is 2.19. The molecule has 0 bridgehead atoms. The molecule has 0 heterocycles. The van der Waals surface area contributed by atoms with Crippen molar-refractivity contribution in [1.29, 1.82) is 0 Å². The minimum atomic E-state index is -3.77. The molecule has 0 aliphatic rings. The van der Waals surface area contributed by atoms with E-state index >= 15 is 0 Å². The average molecular weight is 339 g/mol. The molecule has 7 heteroatoms. The van der Waals surface area contributed by atoms with E-state index in [0.29, 0.717) is 10.9 Å². The Morgan fingerprint density at radius 2 is 2.06 bits per heavy atom. The van der Waals surface area contributed by atoms with Crippen LogP contribution in [0, 0.1) is 5.82 Å². The van der Waals surface area contributed by atoms with E-state index in [1.807, 2.05) is 19.0 Å². The Morgan fingerprint density at radius 1 is 1.39 bits per heavy atom. The van der Waals surface area contributed by atoms with Crippen molar-refractivity contribution in [2.45, 2.75) is 11.3 Å². The molecule has 1 rings (SSSR count). The summed E-state index contributed by atoms with van der Waals surface area (Å²) >= 11 is 3.08. The van der Waals surface area contributed by atoms with Crippen LogP contribution >= 0.6 is 15.9 Å². The van der Waals surface area contributed by atoms with Crippen LogP contribution in [-0.4, -0.2) is 40.5 Å². The first-order valence-electron chi connectivity index (χ1n) is 5.42. The van der Waals surface area contributed by atoms with Gasteiger partial charge in [-0.25, -0.2) is 17.5 Å². The lowest BCUT2D eigenvalue weighted by atomic mass is 10.3. The van der Waals surface area contributed by atoms with Crippen LogP contribution in [-0.2, 0) is 10.0 Å². The number of hydrogen-bond donors (Lipinski definition) is 1. The predicted octanol–water partition coefficient (Wildman–Crippen LogP) is 1.82. The SMILES string of the molecule is CN(C)CCCNS(=O)(=O)c1ccc(Br)cc1F. The molecule has 18 heavy (non-hydrogen) atoms. The lowest BCUT2D eigenvalue weighted by Gasteiger charge is -2.10. The van der Waals surface area contributed by atoms with Gasteiger partial charge in [0, 0.05) is 11.0 Å². The summed E-state index contributed by atoms with van der Waals surface area (Å²) in [4.78, 5) is 1.63. The first kappa shape index (κ1) is 15.6. The fourth-order valence-electron chi connectivity index (χ4n) is 1.37. The molecule has 102 valence electrons. The summed E-state index contributed by atoms with van der Waals surface area (Å²) in [5.74, 6) is -0.760. The van der Waals surface area contributed by atoms with Crippen LogP contribution in [0.25, 0.3) is 0 Å². The molecular weight excluding hydrogens is 323 g/mol. The Hall–Kier alpha value is -0.500. The zero-order valence-electron chi connectivity index (χ0n) is 10.3. The fraction of sp³-hybridized carbons (Fsp3) is 0.455. The van der Waals surface area contributed by atoms with Gasteiger partial charge in [0.2, 0.25) is 10.0 Å². The van der Waals surface area contributed by atoms with Crippen LogP contribution in [0.15, 0.2) is 27.6 Å². The number of hydrogen-bond acceptors (Lipinski definition) is 3. The van der Waals surface area contributed by atoms with Crippen molar-refractivity contribution in [3.8, 4) is 0 Å². The number of nitrogens with zero attached hydrogens (tertiary/aromatic N) is 1. The molecule has 4 nitrogen and oxygen atoms in total. The third-order valence-electron chi connectivity index (χ3n) is 2.26. The van der Waals surface area contributed by atoms with E-state index < -0.39 is 15.8 Å². The van der Waals surface area contributed by atoms with Gasteiger partial charge >= 0.3 is 0 Å². The van der Waals surface area contributed by atoms with E-state index in [9.17, 15) is 12.8 Å². The van der Waals surface area contributed by atoms with Crippen molar-refractivity contribution in [2.75, 3.05) is 27.2 Å². The molecule has 0 amide bonds. The summed E-state index contributed by atoms with van der Waals surface area (Å²) in [5.41, 5.74) is 0. The largest absolute Gasteiger partial charge is 0.309 e. The van der Waals surface area contributed by atoms with Crippen LogP contribution in [0.2, 0.25) is 0 Å². The van der Waals surface area contributed by atoms with Gasteiger partial charge in [0.15, 0.2) is 0 Å². The highest BCUT2D eigenvalue weighted by molar-refractivity contribution is 9.10. The number of nitrogens with one attached hydrogen (secondary N) is 1. The molecule has 1 N–H and O–H groups in total. The van der Waals surface area contributed by atoms with E-state index in [1.54, 1.807) is 0 Å². The van der Waals surface area contributed by atoms with Crippen molar-refractivity contribution >= 4 is 26.0 Å². The van der Waals surface area contributed by atoms with Gasteiger partial charge in [0.1, 0.15) is 10.7 Å². The summed E-state index contributed by atoms with van der Waals surface area (Å²) in [6, 6.07) is 3.87. The molecule has 1 aromatic carbocycles. The third-order valence-corrected chi connectivity index (χ3v) is 4.25. The lowest BCUT2D eigenvalue weighted by Crippen LogP contribution is -2.28. The second-order valence-corrected chi connectivity index (χ2v) is 6.78. The molecule has 0 aliphatic heterocycles. The minimum absolute atomic E-state index is 0.288. The monoisotopic (exact) mass is 338 g/mol. The molecule has 0 saturated carbocycles. The number of sulfonamides is 1. The Labute approximate surface area is 115 Å². The van der Waals surface area contributed by atoms with Gasteiger partial charge in [-0.05, 0) is 45.3 Å². The van der Waals surface area contributed by atoms with E-state index in [-0.39, 0.29) is 11.4 Å². The fourth-order valence-corrected chi connectivity index (χ4v) is 2.84. The van der Waals surface area contributed by atoms with Gasteiger partial charge in [-0.15, -0.1) is 0 Å². The standard InChI is InChI=1S/C11H16BrFN2O2S/c1-15(2)7-3-6-14-18(16,17)11-5-4-9(12)8-10(11)13/h4-5,8,14H,3,6-7H2,1-2H3. The molecule has 1 aromatic rings. The van der Waals surface area contributed by atoms with Crippen molar-refractivity contribution in [3.05, 3.63) is 28.5 Å². The Balaban J connectivity index is 2.69. The summed E-state index contributed by atoms with van der Waals surface area (Å²) in [6.07, 6.45) is 0.671. The van der Waals surface area contributed by atoms with Crippen molar-refractivity contribution in [1.82, 2.24) is 9.62 Å². The average Bonchev–Trinajstić information content (AvgIpc) is 2.23. The normalized spacial score (nSPS) is 12.1. The van der Waals surface area contributed by atoms with E-state index in [1.165, 1.54) is 12.1 Å². The zero-order valence-corrected chi connectivity index (χ0v) is 12.7. The van der Waals surface area contributed by atoms with Crippen LogP contribution < -0.4 is 4.72 Å². The first-order chi connectivity index (χ1) is 8.33. The van der Waals surface area contributed by atoms with Crippen LogP contribution in [0.5, 0.6) is 0 Å². The molecule has 0 aliphatic carbocycles. The zero-order chi connectivity index (χ0) is 13.8. The van der Waals surface area contributed by atoms with Crippen molar-refractivity contribution < 1.29 is 12.8 Å². The van der Waals surface area contributed by atoms with Gasteiger partial charge < -0.3 is 4.90 Å². The Bertz CT molecular complexity index is 506. The second-order valence-electron chi connectivity index (χ2n) is 4.13. The van der Waals surface area contributed by atoms with Gasteiger partial charge in [0.25, 0.3) is 0 Å². The van der Waals surface area contributed by atoms with Gasteiger partial charge in [-0.1, -0.05) is 15.9 Å². The molecule has 0 unspecified atom stereocenters. The highest BCUT2D eigenvalue weighted by atomic mass is 79.9. The quantitative estimate of drug-likeness (QED) is 0.805.